The van der Waals surface area contributed by atoms with Crippen LogP contribution in [0.4, 0.5) is 4.39 Å². The van der Waals surface area contributed by atoms with Crippen molar-refractivity contribution in [3.8, 4) is 0 Å². The van der Waals surface area contributed by atoms with Gasteiger partial charge in [-0.15, -0.1) is 0 Å². The van der Waals surface area contributed by atoms with Gasteiger partial charge < -0.3 is 5.73 Å². The molecule has 0 bridgehead atoms. The van der Waals surface area contributed by atoms with Crippen LogP contribution < -0.4 is 5.73 Å². The summed E-state index contributed by atoms with van der Waals surface area (Å²) < 4.78 is 12.7. The third kappa shape index (κ3) is 3.98. The third-order valence-corrected chi connectivity index (χ3v) is 2.61. The molecule has 1 atom stereocenters. The van der Waals surface area contributed by atoms with Crippen LogP contribution in [0.15, 0.2) is 24.3 Å². The van der Waals surface area contributed by atoms with Gasteiger partial charge in [0.25, 0.3) is 0 Å². The van der Waals surface area contributed by atoms with Crippen molar-refractivity contribution in [2.24, 2.45) is 5.73 Å². The van der Waals surface area contributed by atoms with Crippen LogP contribution in [0.5, 0.6) is 0 Å². The molecule has 0 fully saturated rings. The number of nitrogens with one attached hydrogen (secondary N) is 1. The molecule has 4 heteroatoms. The Morgan fingerprint density at radius 2 is 2.00 bits per heavy atom. The summed E-state index contributed by atoms with van der Waals surface area (Å²) in [5, 5.41) is 7.23. The third-order valence-electron chi connectivity index (χ3n) is 2.61. The quantitative estimate of drug-likeness (QED) is 0.592. The van der Waals surface area contributed by atoms with E-state index in [1.807, 2.05) is 14.0 Å². The highest BCUT2D eigenvalue weighted by molar-refractivity contribution is 5.77. The van der Waals surface area contributed by atoms with E-state index >= 15 is 0 Å². The zero-order chi connectivity index (χ0) is 12.1. The Balaban J connectivity index is 2.53. The molecule has 0 aliphatic rings. The van der Waals surface area contributed by atoms with E-state index in [9.17, 15) is 4.39 Å². The number of rotatable bonds is 5. The topological polar surface area (TPSA) is 53.1 Å². The van der Waals surface area contributed by atoms with Crippen molar-refractivity contribution in [3.63, 3.8) is 0 Å². The lowest BCUT2D eigenvalue weighted by molar-refractivity contribution is 0.254. The second-order valence-corrected chi connectivity index (χ2v) is 4.12. The molecule has 0 saturated carbocycles. The van der Waals surface area contributed by atoms with Crippen LogP contribution in [0.25, 0.3) is 0 Å². The molecule has 0 heterocycles. The van der Waals surface area contributed by atoms with E-state index in [2.05, 4.69) is 4.90 Å². The Morgan fingerprint density at radius 1 is 1.44 bits per heavy atom. The number of hydrogen-bond acceptors (Lipinski definition) is 2. The summed E-state index contributed by atoms with van der Waals surface area (Å²) in [6.45, 7) is 2.75. The van der Waals surface area contributed by atoms with Crippen LogP contribution in [0, 0.1) is 11.2 Å². The van der Waals surface area contributed by atoms with Crippen LogP contribution in [0.3, 0.4) is 0 Å². The molecule has 0 spiro atoms. The van der Waals surface area contributed by atoms with Crippen molar-refractivity contribution in [1.29, 1.82) is 5.41 Å². The average Bonchev–Trinajstić information content (AvgIpc) is 2.20. The number of hydrogen-bond donors (Lipinski definition) is 2. The molecular weight excluding hydrogens is 205 g/mol. The normalized spacial score (nSPS) is 12.8. The lowest BCUT2D eigenvalue weighted by Crippen LogP contribution is -2.32. The van der Waals surface area contributed by atoms with Crippen molar-refractivity contribution < 1.29 is 4.39 Å². The van der Waals surface area contributed by atoms with Gasteiger partial charge in [-0.05, 0) is 31.7 Å². The molecule has 0 radical (unpaired) electrons. The highest BCUT2D eigenvalue weighted by atomic mass is 19.1. The highest BCUT2D eigenvalue weighted by Crippen LogP contribution is 2.09. The highest BCUT2D eigenvalue weighted by Gasteiger charge is 2.10. The van der Waals surface area contributed by atoms with Crippen LogP contribution in [-0.2, 0) is 6.54 Å². The number of benzene rings is 1. The molecule has 16 heavy (non-hydrogen) atoms. The van der Waals surface area contributed by atoms with Crippen molar-refractivity contribution in [2.75, 3.05) is 7.05 Å². The summed E-state index contributed by atoms with van der Waals surface area (Å²) in [6.07, 6.45) is 0.553. The van der Waals surface area contributed by atoms with E-state index < -0.39 is 0 Å². The molecule has 0 aliphatic heterocycles. The Labute approximate surface area is 95.6 Å². The fraction of sp³-hybridized carbons (Fsp3) is 0.417. The zero-order valence-corrected chi connectivity index (χ0v) is 9.70. The van der Waals surface area contributed by atoms with E-state index in [0.29, 0.717) is 6.42 Å². The second-order valence-electron chi connectivity index (χ2n) is 4.12. The van der Waals surface area contributed by atoms with Crippen LogP contribution >= 0.6 is 0 Å². The maximum absolute atomic E-state index is 12.7. The molecule has 1 unspecified atom stereocenters. The molecular formula is C12H18FN3. The summed E-state index contributed by atoms with van der Waals surface area (Å²) in [6, 6.07) is 6.67. The second kappa shape index (κ2) is 5.61. The van der Waals surface area contributed by atoms with Crippen LogP contribution in [0.1, 0.15) is 18.9 Å². The largest absolute Gasteiger partial charge is 0.388 e. The Kier molecular flexibility index (Phi) is 4.43. The van der Waals surface area contributed by atoms with Crippen LogP contribution in [-0.4, -0.2) is 23.8 Å². The Bertz CT molecular complexity index is 348. The van der Waals surface area contributed by atoms with Crippen molar-refractivity contribution in [2.45, 2.75) is 25.9 Å². The summed E-state index contributed by atoms with van der Waals surface area (Å²) in [4.78, 5) is 2.09. The molecule has 0 aromatic heterocycles. The average molecular weight is 223 g/mol. The standard InChI is InChI=1S/C12H18FN3/c1-9(7-12(14)15)16(2)8-10-3-5-11(13)6-4-10/h3-6,9H,7-8H2,1-2H3,(H3,14,15). The molecule has 1 rings (SSSR count). The molecule has 3 nitrogen and oxygen atoms in total. The van der Waals surface area contributed by atoms with E-state index in [4.69, 9.17) is 11.1 Å². The maximum atomic E-state index is 12.7. The van der Waals surface area contributed by atoms with E-state index in [-0.39, 0.29) is 17.7 Å². The molecule has 0 amide bonds. The van der Waals surface area contributed by atoms with E-state index in [1.165, 1.54) is 12.1 Å². The van der Waals surface area contributed by atoms with Crippen LogP contribution in [0.2, 0.25) is 0 Å². The summed E-state index contributed by atoms with van der Waals surface area (Å²) in [5.41, 5.74) is 6.41. The van der Waals surface area contributed by atoms with Crippen molar-refractivity contribution in [1.82, 2.24) is 4.90 Å². The lowest BCUT2D eigenvalue weighted by atomic mass is 10.1. The van der Waals surface area contributed by atoms with Gasteiger partial charge in [-0.25, -0.2) is 4.39 Å². The fourth-order valence-electron chi connectivity index (χ4n) is 1.51. The summed E-state index contributed by atoms with van der Waals surface area (Å²) in [5.74, 6) is -0.0263. The van der Waals surface area contributed by atoms with Gasteiger partial charge >= 0.3 is 0 Å². The Hall–Kier alpha value is -1.42. The molecule has 0 saturated heterocycles. The fourth-order valence-corrected chi connectivity index (χ4v) is 1.51. The van der Waals surface area contributed by atoms with E-state index in [0.717, 1.165) is 12.1 Å². The molecule has 3 N–H and O–H groups in total. The smallest absolute Gasteiger partial charge is 0.123 e. The molecule has 1 aromatic rings. The van der Waals surface area contributed by atoms with Gasteiger partial charge in [-0.3, -0.25) is 10.3 Å². The van der Waals surface area contributed by atoms with Gasteiger partial charge in [0, 0.05) is 19.0 Å². The van der Waals surface area contributed by atoms with Gasteiger partial charge in [0.2, 0.25) is 0 Å². The Morgan fingerprint density at radius 3 is 2.50 bits per heavy atom. The first kappa shape index (κ1) is 12.6. The zero-order valence-electron chi connectivity index (χ0n) is 9.70. The monoisotopic (exact) mass is 223 g/mol. The minimum Gasteiger partial charge on any atom is -0.388 e. The minimum absolute atomic E-state index is 0.193. The predicted molar refractivity (Wildman–Crippen MR) is 63.9 cm³/mol. The maximum Gasteiger partial charge on any atom is 0.123 e. The number of halogens is 1. The van der Waals surface area contributed by atoms with Gasteiger partial charge in [-0.1, -0.05) is 12.1 Å². The number of nitrogens with two attached hydrogens (primary N) is 1. The first-order valence-electron chi connectivity index (χ1n) is 5.26. The summed E-state index contributed by atoms with van der Waals surface area (Å²) in [7, 11) is 1.97. The van der Waals surface area contributed by atoms with E-state index in [1.54, 1.807) is 12.1 Å². The lowest BCUT2D eigenvalue weighted by Gasteiger charge is -2.24. The first-order chi connectivity index (χ1) is 7.49. The van der Waals surface area contributed by atoms with Gasteiger partial charge in [0.05, 0.1) is 5.84 Å². The van der Waals surface area contributed by atoms with Gasteiger partial charge in [-0.2, -0.15) is 0 Å². The van der Waals surface area contributed by atoms with Crippen molar-refractivity contribution >= 4 is 5.84 Å². The first-order valence-corrected chi connectivity index (χ1v) is 5.26. The minimum atomic E-state index is -0.219. The number of amidine groups is 1. The van der Waals surface area contributed by atoms with Crippen molar-refractivity contribution in [3.05, 3.63) is 35.6 Å². The summed E-state index contributed by atoms with van der Waals surface area (Å²) >= 11 is 0. The predicted octanol–water partition coefficient (Wildman–Crippen LogP) is 1.97. The molecule has 88 valence electrons. The SMILES string of the molecule is CC(CC(=N)N)N(C)Cc1ccc(F)cc1. The number of nitrogens with zero attached hydrogens (tertiary/aromatic N) is 1. The molecule has 0 aliphatic carbocycles. The van der Waals surface area contributed by atoms with Gasteiger partial charge in [0.15, 0.2) is 0 Å². The van der Waals surface area contributed by atoms with Gasteiger partial charge in [0.1, 0.15) is 5.82 Å². The molecule has 1 aromatic carbocycles.